The molecule has 0 aliphatic heterocycles. The number of H-pyrrole nitrogens is 1. The molecule has 9 nitrogen and oxygen atoms in total. The summed E-state index contributed by atoms with van der Waals surface area (Å²) in [5.74, 6) is -0.667. The van der Waals surface area contributed by atoms with Gasteiger partial charge in [0.05, 0.1) is 11.0 Å². The van der Waals surface area contributed by atoms with E-state index in [9.17, 15) is 19.7 Å². The lowest BCUT2D eigenvalue weighted by molar-refractivity contribution is -0.384. The molecule has 30 heavy (non-hydrogen) atoms. The van der Waals surface area contributed by atoms with Crippen LogP contribution >= 0.6 is 11.6 Å². The van der Waals surface area contributed by atoms with Gasteiger partial charge in [0, 0.05) is 40.7 Å². The smallest absolute Gasteiger partial charge is 0.347 e. The molecule has 0 aliphatic rings. The quantitative estimate of drug-likeness (QED) is 0.272. The molecule has 1 heterocycles. The summed E-state index contributed by atoms with van der Waals surface area (Å²) in [6.07, 6.45) is 2.41. The number of hydrogen-bond acceptors (Lipinski definition) is 6. The molecule has 3 N–H and O–H groups in total. The molecule has 1 amide bonds. The number of carbonyl (C=O) groups excluding carboxylic acids is 2. The number of nitro groups is 1. The van der Waals surface area contributed by atoms with Gasteiger partial charge < -0.3 is 15.1 Å². The first-order valence-electron chi connectivity index (χ1n) is 9.05. The zero-order chi connectivity index (χ0) is 21.7. The van der Waals surface area contributed by atoms with Crippen LogP contribution in [0.5, 0.6) is 0 Å². The van der Waals surface area contributed by atoms with Crippen molar-refractivity contribution in [2.24, 2.45) is 0 Å². The second kappa shape index (κ2) is 9.38. The number of carbonyl (C=O) groups is 2. The summed E-state index contributed by atoms with van der Waals surface area (Å²) in [7, 11) is 0. The van der Waals surface area contributed by atoms with Crippen LogP contribution in [0.3, 0.4) is 0 Å². The zero-order valence-corrected chi connectivity index (χ0v) is 16.7. The van der Waals surface area contributed by atoms with Crippen molar-refractivity contribution in [2.75, 3.05) is 0 Å². The predicted molar refractivity (Wildman–Crippen MR) is 111 cm³/mol. The minimum Gasteiger partial charge on any atom is -0.368 e. The Kier molecular flexibility index (Phi) is 6.65. The van der Waals surface area contributed by atoms with E-state index in [0.29, 0.717) is 17.0 Å². The van der Waals surface area contributed by atoms with Gasteiger partial charge in [0.15, 0.2) is 0 Å². The average Bonchev–Trinajstić information content (AvgIpc) is 3.13. The maximum Gasteiger partial charge on any atom is 0.347 e. The maximum absolute atomic E-state index is 12.5. The van der Waals surface area contributed by atoms with Crippen LogP contribution in [0.15, 0.2) is 48.7 Å². The van der Waals surface area contributed by atoms with Crippen LogP contribution in [0.25, 0.3) is 10.9 Å². The van der Waals surface area contributed by atoms with E-state index in [0.717, 1.165) is 16.5 Å². The Labute approximate surface area is 176 Å². The third kappa shape index (κ3) is 4.94. The molecule has 0 saturated carbocycles. The molecule has 0 fully saturated rings. The van der Waals surface area contributed by atoms with Crippen molar-refractivity contribution in [3.8, 4) is 0 Å². The van der Waals surface area contributed by atoms with Gasteiger partial charge in [-0.05, 0) is 30.2 Å². The molecule has 2 aromatic carbocycles. The first kappa shape index (κ1) is 21.3. The fourth-order valence-corrected chi connectivity index (χ4v) is 3.18. The average molecular weight is 431 g/mol. The fourth-order valence-electron chi connectivity index (χ4n) is 3.01. The Morgan fingerprint density at radius 2 is 2.03 bits per heavy atom. The van der Waals surface area contributed by atoms with Crippen molar-refractivity contribution in [1.29, 1.82) is 0 Å². The van der Waals surface area contributed by atoms with Gasteiger partial charge in [-0.25, -0.2) is 4.79 Å². The molecule has 3 rings (SSSR count). The number of rotatable bonds is 9. The van der Waals surface area contributed by atoms with E-state index < -0.39 is 23.0 Å². The lowest BCUT2D eigenvalue weighted by Crippen LogP contribution is -2.41. The minimum absolute atomic E-state index is 0.0294. The van der Waals surface area contributed by atoms with E-state index in [-0.39, 0.29) is 12.1 Å². The summed E-state index contributed by atoms with van der Waals surface area (Å²) in [6.45, 7) is 1.74. The highest BCUT2D eigenvalue weighted by Crippen LogP contribution is 2.23. The SMILES string of the molecule is C[C@H](NOC(=O)[C@@H](Cc1c[nH]c2cc(Cl)ccc12)NC=O)c1ccc([N+](=O)[O-])cc1. The first-order valence-corrected chi connectivity index (χ1v) is 9.42. The Bertz CT molecular complexity index is 1070. The highest BCUT2D eigenvalue weighted by molar-refractivity contribution is 6.31. The van der Waals surface area contributed by atoms with Crippen LogP contribution < -0.4 is 10.8 Å². The third-order valence-corrected chi connectivity index (χ3v) is 4.88. The van der Waals surface area contributed by atoms with E-state index in [1.165, 1.54) is 12.1 Å². The van der Waals surface area contributed by atoms with Gasteiger partial charge in [0.25, 0.3) is 5.69 Å². The van der Waals surface area contributed by atoms with E-state index in [1.54, 1.807) is 37.4 Å². The number of benzene rings is 2. The van der Waals surface area contributed by atoms with Crippen molar-refractivity contribution in [2.45, 2.75) is 25.4 Å². The molecular weight excluding hydrogens is 412 g/mol. The van der Waals surface area contributed by atoms with Crippen LogP contribution in [0.4, 0.5) is 5.69 Å². The maximum atomic E-state index is 12.5. The van der Waals surface area contributed by atoms with Crippen molar-refractivity contribution in [3.05, 3.63) is 74.9 Å². The lowest BCUT2D eigenvalue weighted by atomic mass is 10.1. The van der Waals surface area contributed by atoms with Gasteiger partial charge in [0.2, 0.25) is 6.41 Å². The molecule has 10 heteroatoms. The summed E-state index contributed by atoms with van der Waals surface area (Å²) < 4.78 is 0. The Hall–Kier alpha value is -3.43. The standard InChI is InChI=1S/C20H19ClN4O5/c1-12(13-2-5-16(6-3-13)25(28)29)24-30-20(27)19(23-11-26)8-14-10-22-18-9-15(21)4-7-17(14)18/h2-7,9-12,19,22,24H,8H2,1H3,(H,23,26)/t12-,19+/m0/s1. The summed E-state index contributed by atoms with van der Waals surface area (Å²) in [5.41, 5.74) is 4.92. The lowest BCUT2D eigenvalue weighted by Gasteiger charge is -2.18. The Balaban J connectivity index is 1.64. The normalized spacial score (nSPS) is 12.9. The Morgan fingerprint density at radius 3 is 2.70 bits per heavy atom. The third-order valence-electron chi connectivity index (χ3n) is 4.65. The van der Waals surface area contributed by atoms with Crippen LogP contribution in [0, 0.1) is 10.1 Å². The van der Waals surface area contributed by atoms with Gasteiger partial charge in [-0.1, -0.05) is 29.8 Å². The zero-order valence-electron chi connectivity index (χ0n) is 15.9. The van der Waals surface area contributed by atoms with Gasteiger partial charge in [-0.3, -0.25) is 14.9 Å². The molecule has 3 aromatic rings. The highest BCUT2D eigenvalue weighted by Gasteiger charge is 2.23. The van der Waals surface area contributed by atoms with E-state index >= 15 is 0 Å². The number of hydroxylamine groups is 1. The molecule has 0 saturated heterocycles. The molecular formula is C20H19ClN4O5. The first-order chi connectivity index (χ1) is 14.4. The summed E-state index contributed by atoms with van der Waals surface area (Å²) >= 11 is 5.98. The monoisotopic (exact) mass is 430 g/mol. The van der Waals surface area contributed by atoms with Crippen LogP contribution in [0.1, 0.15) is 24.1 Å². The topological polar surface area (TPSA) is 126 Å². The van der Waals surface area contributed by atoms with Crippen LogP contribution in [-0.4, -0.2) is 28.3 Å². The molecule has 0 unspecified atom stereocenters. The number of hydrogen-bond donors (Lipinski definition) is 3. The molecule has 0 bridgehead atoms. The number of amides is 1. The van der Waals surface area contributed by atoms with Crippen molar-refractivity contribution in [3.63, 3.8) is 0 Å². The molecule has 2 atom stereocenters. The molecule has 0 aliphatic carbocycles. The van der Waals surface area contributed by atoms with Crippen molar-refractivity contribution in [1.82, 2.24) is 15.8 Å². The number of fused-ring (bicyclic) bond motifs is 1. The number of halogens is 1. The summed E-state index contributed by atoms with van der Waals surface area (Å²) in [5, 5.41) is 14.7. The molecule has 0 radical (unpaired) electrons. The number of aromatic nitrogens is 1. The number of nitrogens with zero attached hydrogens (tertiary/aromatic N) is 1. The van der Waals surface area contributed by atoms with Crippen LogP contribution in [-0.2, 0) is 20.8 Å². The van der Waals surface area contributed by atoms with E-state index in [2.05, 4.69) is 15.8 Å². The minimum atomic E-state index is -0.909. The predicted octanol–water partition coefficient (Wildman–Crippen LogP) is 3.20. The number of non-ortho nitro benzene ring substituents is 1. The number of nitro benzene ring substituents is 1. The van der Waals surface area contributed by atoms with E-state index in [4.69, 9.17) is 16.4 Å². The number of nitrogens with one attached hydrogen (secondary N) is 3. The van der Waals surface area contributed by atoms with Gasteiger partial charge in [-0.2, -0.15) is 0 Å². The molecule has 156 valence electrons. The van der Waals surface area contributed by atoms with Gasteiger partial charge >= 0.3 is 5.97 Å². The highest BCUT2D eigenvalue weighted by atomic mass is 35.5. The van der Waals surface area contributed by atoms with Crippen LogP contribution in [0.2, 0.25) is 5.02 Å². The molecule has 1 aromatic heterocycles. The van der Waals surface area contributed by atoms with E-state index in [1.807, 2.05) is 6.07 Å². The van der Waals surface area contributed by atoms with Crippen molar-refractivity contribution >= 4 is 40.6 Å². The molecule has 0 spiro atoms. The second-order valence-corrected chi connectivity index (χ2v) is 7.09. The summed E-state index contributed by atoms with van der Waals surface area (Å²) in [4.78, 5) is 42.0. The Morgan fingerprint density at radius 1 is 1.30 bits per heavy atom. The van der Waals surface area contributed by atoms with Crippen molar-refractivity contribution < 1.29 is 19.3 Å². The second-order valence-electron chi connectivity index (χ2n) is 6.65. The summed E-state index contributed by atoms with van der Waals surface area (Å²) in [6, 6.07) is 9.91. The fraction of sp³-hybridized carbons (Fsp3) is 0.200. The van der Waals surface area contributed by atoms with Gasteiger partial charge in [0.1, 0.15) is 6.04 Å². The van der Waals surface area contributed by atoms with Gasteiger partial charge in [-0.15, -0.1) is 5.48 Å². The largest absolute Gasteiger partial charge is 0.368 e. The number of aromatic amines is 1.